The van der Waals surface area contributed by atoms with Crippen molar-refractivity contribution in [1.29, 1.82) is 0 Å². The van der Waals surface area contributed by atoms with Crippen LogP contribution in [0.5, 0.6) is 0 Å². The van der Waals surface area contributed by atoms with E-state index in [4.69, 9.17) is 0 Å². The first-order chi connectivity index (χ1) is 22.5. The molecule has 4 aromatic rings. The summed E-state index contributed by atoms with van der Waals surface area (Å²) in [5.41, 5.74) is -0.644. The van der Waals surface area contributed by atoms with Gasteiger partial charge < -0.3 is 5.32 Å². The van der Waals surface area contributed by atoms with E-state index < -0.39 is 33.6 Å². The third kappa shape index (κ3) is 8.69. The first-order valence-electron chi connectivity index (χ1n) is 14.3. The number of carbonyl (C=O) groups excluding carboxylic acids is 2. The highest BCUT2D eigenvalue weighted by Crippen LogP contribution is 2.32. The Morgan fingerprint density at radius 3 is 2.43 bits per heavy atom. The zero-order valence-corrected chi connectivity index (χ0v) is 28.1. The largest absolute Gasteiger partial charge is 0.416 e. The van der Waals surface area contributed by atoms with Gasteiger partial charge in [0.05, 0.1) is 28.4 Å². The molecule has 0 bridgehead atoms. The summed E-state index contributed by atoms with van der Waals surface area (Å²) in [5, 5.41) is 21.8. The van der Waals surface area contributed by atoms with E-state index in [1.165, 1.54) is 68.4 Å². The van der Waals surface area contributed by atoms with Crippen LogP contribution in [-0.4, -0.2) is 74.1 Å². The van der Waals surface area contributed by atoms with E-state index in [2.05, 4.69) is 31.0 Å². The standard InChI is InChI=1S/C28H29F3N8O4S4/c1-2-44-27-37-35-25(46-27)33-23(40)17-45-26-36-34-22(39(26)20-8-6-7-19(15-20)28(29,30)31)16-32-24(41)18-9-11-21(12-10-18)47(42,43)38-13-4-3-5-14-38/h6-12,15H,2-5,13-14,16-17H2,1H3,(H,32,41)(H,33,35,40). The Hall–Kier alpha value is -3.52. The Balaban J connectivity index is 1.31. The molecule has 2 N–H and O–H groups in total. The zero-order chi connectivity index (χ0) is 33.6. The lowest BCUT2D eigenvalue weighted by Crippen LogP contribution is -2.35. The van der Waals surface area contributed by atoms with E-state index in [1.54, 1.807) is 0 Å². The second-order valence-electron chi connectivity index (χ2n) is 10.1. The monoisotopic (exact) mass is 726 g/mol. The Kier molecular flexibility index (Phi) is 11.2. The maximum Gasteiger partial charge on any atom is 0.416 e. The second kappa shape index (κ2) is 15.1. The summed E-state index contributed by atoms with van der Waals surface area (Å²) >= 11 is 3.64. The van der Waals surface area contributed by atoms with Gasteiger partial charge in [-0.15, -0.1) is 20.4 Å². The molecule has 2 amide bonds. The summed E-state index contributed by atoms with van der Waals surface area (Å²) in [5.74, 6) is -0.251. The highest BCUT2D eigenvalue weighted by molar-refractivity contribution is 8.01. The molecule has 19 heteroatoms. The van der Waals surface area contributed by atoms with Gasteiger partial charge in [0, 0.05) is 18.7 Å². The topological polar surface area (TPSA) is 152 Å². The van der Waals surface area contributed by atoms with Gasteiger partial charge in [-0.05, 0) is 61.1 Å². The molecular formula is C28H29F3N8O4S4. The lowest BCUT2D eigenvalue weighted by atomic mass is 10.2. The fourth-order valence-electron chi connectivity index (χ4n) is 4.61. The minimum atomic E-state index is -4.62. The molecule has 3 heterocycles. The molecule has 1 aliphatic rings. The van der Waals surface area contributed by atoms with Crippen LogP contribution in [0.15, 0.2) is 62.9 Å². The number of halogens is 3. The van der Waals surface area contributed by atoms with Crippen LogP contribution in [-0.2, 0) is 27.5 Å². The molecule has 1 aliphatic heterocycles. The van der Waals surface area contributed by atoms with Crippen LogP contribution in [0.1, 0.15) is 47.9 Å². The van der Waals surface area contributed by atoms with Gasteiger partial charge in [0.15, 0.2) is 15.3 Å². The van der Waals surface area contributed by atoms with Crippen LogP contribution in [0.25, 0.3) is 5.69 Å². The molecule has 2 aromatic carbocycles. The number of carbonyl (C=O) groups is 2. The Bertz CT molecular complexity index is 1830. The third-order valence-corrected chi connectivity index (χ3v) is 11.6. The number of hydrogen-bond acceptors (Lipinski definition) is 11. The molecule has 0 aliphatic carbocycles. The molecule has 47 heavy (non-hydrogen) atoms. The number of thioether (sulfide) groups is 2. The first kappa shape index (κ1) is 34.8. The average Bonchev–Trinajstić information content (AvgIpc) is 3.69. The Labute approximate surface area is 281 Å². The number of sulfonamides is 1. The van der Waals surface area contributed by atoms with Crippen molar-refractivity contribution in [3.63, 3.8) is 0 Å². The van der Waals surface area contributed by atoms with Gasteiger partial charge in [-0.3, -0.25) is 19.5 Å². The number of rotatable bonds is 12. The maximum absolute atomic E-state index is 13.6. The lowest BCUT2D eigenvalue weighted by molar-refractivity contribution is -0.137. The van der Waals surface area contributed by atoms with Gasteiger partial charge in [-0.25, -0.2) is 8.42 Å². The molecule has 0 unspecified atom stereocenters. The molecule has 0 saturated carbocycles. The van der Waals surface area contributed by atoms with E-state index >= 15 is 0 Å². The summed E-state index contributed by atoms with van der Waals surface area (Å²) in [7, 11) is -3.68. The highest BCUT2D eigenvalue weighted by atomic mass is 32.2. The highest BCUT2D eigenvalue weighted by Gasteiger charge is 2.31. The van der Waals surface area contributed by atoms with Gasteiger partial charge in [0.25, 0.3) is 5.91 Å². The Morgan fingerprint density at radius 2 is 1.72 bits per heavy atom. The van der Waals surface area contributed by atoms with Gasteiger partial charge in [-0.1, -0.05) is 54.3 Å². The lowest BCUT2D eigenvalue weighted by Gasteiger charge is -2.25. The van der Waals surface area contributed by atoms with Crippen LogP contribution in [0, 0.1) is 0 Å². The van der Waals surface area contributed by atoms with Crippen molar-refractivity contribution >= 4 is 61.8 Å². The van der Waals surface area contributed by atoms with E-state index in [9.17, 15) is 31.2 Å². The molecule has 12 nitrogen and oxygen atoms in total. The third-order valence-electron chi connectivity index (χ3n) is 6.86. The fraction of sp³-hybridized carbons (Fsp3) is 0.357. The van der Waals surface area contributed by atoms with Crippen molar-refractivity contribution in [1.82, 2.24) is 34.6 Å². The molecule has 1 saturated heterocycles. The molecular weight excluding hydrogens is 698 g/mol. The summed E-state index contributed by atoms with van der Waals surface area (Å²) in [4.78, 5) is 25.7. The number of nitrogens with zero attached hydrogens (tertiary/aromatic N) is 6. The number of piperidine rings is 1. The molecule has 2 aromatic heterocycles. The molecule has 0 atom stereocenters. The van der Waals surface area contributed by atoms with Crippen molar-refractivity contribution in [3.8, 4) is 5.69 Å². The van der Waals surface area contributed by atoms with E-state index in [-0.39, 0.29) is 39.4 Å². The number of nitrogens with one attached hydrogen (secondary N) is 2. The van der Waals surface area contributed by atoms with Gasteiger partial charge in [-0.2, -0.15) is 17.5 Å². The predicted molar refractivity (Wildman–Crippen MR) is 172 cm³/mol. The number of alkyl halides is 3. The number of aromatic nitrogens is 5. The SMILES string of the molecule is CCSc1nnc(NC(=O)CSc2nnc(CNC(=O)c3ccc(S(=O)(=O)N4CCCCC4)cc3)n2-c2cccc(C(F)(F)F)c2)s1. The number of anilines is 1. The van der Waals surface area contributed by atoms with Crippen molar-refractivity contribution in [2.75, 3.05) is 29.9 Å². The van der Waals surface area contributed by atoms with Gasteiger partial charge >= 0.3 is 6.18 Å². The number of hydrogen-bond donors (Lipinski definition) is 2. The number of amides is 2. The quantitative estimate of drug-likeness (QED) is 0.149. The van der Waals surface area contributed by atoms with E-state index in [0.29, 0.717) is 22.6 Å². The summed E-state index contributed by atoms with van der Waals surface area (Å²) < 4.78 is 70.1. The minimum Gasteiger partial charge on any atom is -0.345 e. The summed E-state index contributed by atoms with van der Waals surface area (Å²) in [6.07, 6.45) is -2.05. The normalized spacial score (nSPS) is 14.2. The van der Waals surface area contributed by atoms with Crippen molar-refractivity contribution in [2.24, 2.45) is 0 Å². The van der Waals surface area contributed by atoms with Crippen LogP contribution in [0.2, 0.25) is 0 Å². The zero-order valence-electron chi connectivity index (χ0n) is 24.9. The Morgan fingerprint density at radius 1 is 0.979 bits per heavy atom. The van der Waals surface area contributed by atoms with E-state index in [0.717, 1.165) is 48.9 Å². The predicted octanol–water partition coefficient (Wildman–Crippen LogP) is 5.09. The van der Waals surface area contributed by atoms with Crippen LogP contribution in [0.4, 0.5) is 18.3 Å². The molecule has 5 rings (SSSR count). The molecule has 0 radical (unpaired) electrons. The van der Waals surface area contributed by atoms with Crippen LogP contribution < -0.4 is 10.6 Å². The van der Waals surface area contributed by atoms with E-state index in [1.807, 2.05) is 6.92 Å². The first-order valence-corrected chi connectivity index (χ1v) is 18.6. The molecule has 0 spiro atoms. The second-order valence-corrected chi connectivity index (χ2v) is 15.5. The average molecular weight is 727 g/mol. The van der Waals surface area contributed by atoms with Crippen LogP contribution in [0.3, 0.4) is 0 Å². The van der Waals surface area contributed by atoms with Crippen LogP contribution >= 0.6 is 34.9 Å². The summed E-state index contributed by atoms with van der Waals surface area (Å²) in [6, 6.07) is 10.1. The smallest absolute Gasteiger partial charge is 0.345 e. The van der Waals surface area contributed by atoms with Crippen molar-refractivity contribution in [2.45, 2.75) is 53.3 Å². The van der Waals surface area contributed by atoms with Crippen molar-refractivity contribution < 1.29 is 31.2 Å². The van der Waals surface area contributed by atoms with Crippen molar-refractivity contribution in [3.05, 3.63) is 65.5 Å². The van der Waals surface area contributed by atoms with Gasteiger partial charge in [0.1, 0.15) is 0 Å². The van der Waals surface area contributed by atoms with Gasteiger partial charge in [0.2, 0.25) is 21.1 Å². The fourth-order valence-corrected chi connectivity index (χ4v) is 8.56. The maximum atomic E-state index is 13.6. The molecule has 250 valence electrons. The minimum absolute atomic E-state index is 0.0783. The number of benzene rings is 2. The summed E-state index contributed by atoms with van der Waals surface area (Å²) in [6.45, 7) is 2.63. The molecule has 1 fully saturated rings.